The van der Waals surface area contributed by atoms with Crippen LogP contribution in [-0.4, -0.2) is 58.3 Å². The van der Waals surface area contributed by atoms with Gasteiger partial charge < -0.3 is 24.4 Å². The Morgan fingerprint density at radius 2 is 1.93 bits per heavy atom. The van der Waals surface area contributed by atoms with Gasteiger partial charge in [-0.05, 0) is 85.8 Å². The second-order valence-electron chi connectivity index (χ2n) is 10.6. The van der Waals surface area contributed by atoms with Gasteiger partial charge in [0.1, 0.15) is 35.5 Å². The first-order chi connectivity index (χ1) is 20.8. The Kier molecular flexibility index (Phi) is 7.71. The first-order valence-electron chi connectivity index (χ1n) is 14.2. The second kappa shape index (κ2) is 11.7. The standard InChI is InChI=1S/C32H32FN5O5/c1-19-35-20(2)38(36-19)18-30(39)37-13-11-21-15-23-6-8-25(21)31(37)22-5-10-28(41-3)29(16-22)42-14-4-12-34-32(40)26-17-24(43-23)7-9-27(26)33/h5-10,15-17,31H,4,11-14,18H2,1-3H3,(H,34,40). The lowest BCUT2D eigenvalue weighted by molar-refractivity contribution is -0.134. The number of benzene rings is 3. The van der Waals surface area contributed by atoms with E-state index in [1.165, 1.54) is 18.2 Å². The maximum atomic E-state index is 14.5. The molecule has 7 rings (SSSR count). The van der Waals surface area contributed by atoms with Crippen molar-refractivity contribution in [1.82, 2.24) is 25.0 Å². The molecule has 0 fully saturated rings. The minimum atomic E-state index is -0.633. The molecule has 0 spiro atoms. The Balaban J connectivity index is 1.43. The van der Waals surface area contributed by atoms with Crippen LogP contribution < -0.4 is 19.5 Å². The van der Waals surface area contributed by atoms with Crippen LogP contribution in [0.5, 0.6) is 23.0 Å². The second-order valence-corrected chi connectivity index (χ2v) is 10.6. The van der Waals surface area contributed by atoms with Gasteiger partial charge in [-0.3, -0.25) is 9.59 Å². The summed E-state index contributed by atoms with van der Waals surface area (Å²) in [6.07, 6.45) is 1.08. The molecule has 1 unspecified atom stereocenters. The third-order valence-electron chi connectivity index (χ3n) is 7.70. The molecule has 11 heteroatoms. The number of aryl methyl sites for hydroxylation is 2. The summed E-state index contributed by atoms with van der Waals surface area (Å²) in [6.45, 7) is 4.73. The minimum absolute atomic E-state index is 0.0673. The summed E-state index contributed by atoms with van der Waals surface area (Å²) in [7, 11) is 1.57. The molecule has 8 bridgehead atoms. The van der Waals surface area contributed by atoms with E-state index in [2.05, 4.69) is 15.4 Å². The first kappa shape index (κ1) is 28.2. The molecule has 43 heavy (non-hydrogen) atoms. The molecule has 0 radical (unpaired) electrons. The molecule has 4 heterocycles. The molecule has 1 N–H and O–H groups in total. The van der Waals surface area contributed by atoms with E-state index in [9.17, 15) is 14.0 Å². The summed E-state index contributed by atoms with van der Waals surface area (Å²) in [4.78, 5) is 32.8. The molecule has 10 nitrogen and oxygen atoms in total. The molecular weight excluding hydrogens is 553 g/mol. The van der Waals surface area contributed by atoms with E-state index in [-0.39, 0.29) is 31.2 Å². The van der Waals surface area contributed by atoms with Crippen molar-refractivity contribution in [1.29, 1.82) is 0 Å². The molecule has 3 aromatic carbocycles. The molecule has 0 aliphatic carbocycles. The van der Waals surface area contributed by atoms with Gasteiger partial charge >= 0.3 is 0 Å². The SMILES string of the molecule is COc1ccc2cc1OCCCNC(=O)c1cc(ccc1F)Oc1ccc3c(c1)CCN(C(=O)Cn1nc(C)nc1C)C23. The van der Waals surface area contributed by atoms with Gasteiger partial charge in [-0.2, -0.15) is 5.10 Å². The summed E-state index contributed by atoms with van der Waals surface area (Å²) in [5.41, 5.74) is 2.73. The highest BCUT2D eigenvalue weighted by atomic mass is 19.1. The van der Waals surface area contributed by atoms with Crippen LogP contribution in [0, 0.1) is 19.7 Å². The molecule has 1 atom stereocenters. The third kappa shape index (κ3) is 5.75. The van der Waals surface area contributed by atoms with Crippen LogP contribution in [0.15, 0.2) is 54.6 Å². The van der Waals surface area contributed by atoms with Crippen LogP contribution in [0.4, 0.5) is 4.39 Å². The normalized spacial score (nSPS) is 16.4. The van der Waals surface area contributed by atoms with Gasteiger partial charge in [0.15, 0.2) is 11.5 Å². The molecule has 4 aromatic rings. The van der Waals surface area contributed by atoms with E-state index in [1.54, 1.807) is 18.7 Å². The zero-order valence-corrected chi connectivity index (χ0v) is 24.2. The monoisotopic (exact) mass is 585 g/mol. The fraction of sp³-hybridized carbons (Fsp3) is 0.312. The maximum Gasteiger partial charge on any atom is 0.254 e. The largest absolute Gasteiger partial charge is 0.493 e. The summed E-state index contributed by atoms with van der Waals surface area (Å²) < 4.78 is 33.9. The predicted octanol–water partition coefficient (Wildman–Crippen LogP) is 4.52. The van der Waals surface area contributed by atoms with Crippen molar-refractivity contribution >= 4 is 11.8 Å². The molecule has 222 valence electrons. The number of hydrogen-bond donors (Lipinski definition) is 1. The number of amides is 2. The smallest absolute Gasteiger partial charge is 0.254 e. The maximum absolute atomic E-state index is 14.5. The van der Waals surface area contributed by atoms with E-state index >= 15 is 0 Å². The third-order valence-corrected chi connectivity index (χ3v) is 7.70. The van der Waals surface area contributed by atoms with Crippen molar-refractivity contribution in [3.63, 3.8) is 0 Å². The van der Waals surface area contributed by atoms with Crippen LogP contribution in [-0.2, 0) is 17.8 Å². The lowest BCUT2D eigenvalue weighted by Crippen LogP contribution is -2.42. The minimum Gasteiger partial charge on any atom is -0.493 e. The van der Waals surface area contributed by atoms with Crippen molar-refractivity contribution < 1.29 is 28.2 Å². The number of ether oxygens (including phenoxy) is 3. The number of carbonyl (C=O) groups is 2. The lowest BCUT2D eigenvalue weighted by atomic mass is 9.87. The predicted molar refractivity (Wildman–Crippen MR) is 155 cm³/mol. The Labute approximate surface area is 248 Å². The number of carbonyl (C=O) groups excluding carboxylic acids is 2. The first-order valence-corrected chi connectivity index (χ1v) is 14.2. The number of rotatable bonds is 3. The summed E-state index contributed by atoms with van der Waals surface area (Å²) in [5.74, 6) is 2.00. The number of methoxy groups -OCH3 is 1. The van der Waals surface area contributed by atoms with Crippen LogP contribution in [0.25, 0.3) is 0 Å². The van der Waals surface area contributed by atoms with Crippen LogP contribution in [0.2, 0.25) is 0 Å². The topological polar surface area (TPSA) is 108 Å². The molecule has 3 aliphatic rings. The Morgan fingerprint density at radius 1 is 1.12 bits per heavy atom. The van der Waals surface area contributed by atoms with Gasteiger partial charge in [0, 0.05) is 13.1 Å². The van der Waals surface area contributed by atoms with E-state index in [1.807, 2.05) is 48.2 Å². The van der Waals surface area contributed by atoms with Crippen LogP contribution >= 0.6 is 0 Å². The van der Waals surface area contributed by atoms with Gasteiger partial charge in [0.05, 0.1) is 25.3 Å². The van der Waals surface area contributed by atoms with Crippen molar-refractivity contribution in [2.75, 3.05) is 26.8 Å². The van der Waals surface area contributed by atoms with Crippen LogP contribution in [0.3, 0.4) is 0 Å². The van der Waals surface area contributed by atoms with Crippen molar-refractivity contribution in [2.45, 2.75) is 39.3 Å². The summed E-state index contributed by atoms with van der Waals surface area (Å²) >= 11 is 0. The van der Waals surface area contributed by atoms with Gasteiger partial charge in [-0.15, -0.1) is 0 Å². The highest BCUT2D eigenvalue weighted by Gasteiger charge is 2.33. The van der Waals surface area contributed by atoms with Gasteiger partial charge in [0.25, 0.3) is 5.91 Å². The molecular formula is C32H32FN5O5. The van der Waals surface area contributed by atoms with E-state index in [4.69, 9.17) is 14.2 Å². The number of hydrogen-bond acceptors (Lipinski definition) is 7. The van der Waals surface area contributed by atoms with Gasteiger partial charge in [-0.1, -0.05) is 12.1 Å². The van der Waals surface area contributed by atoms with Crippen molar-refractivity contribution in [3.8, 4) is 23.0 Å². The Hall–Kier alpha value is -4.93. The number of halogens is 1. The van der Waals surface area contributed by atoms with E-state index in [0.29, 0.717) is 54.0 Å². The molecule has 2 amide bonds. The number of fused-ring (bicyclic) bond motifs is 6. The zero-order valence-electron chi connectivity index (χ0n) is 24.2. The average Bonchev–Trinajstić information content (AvgIpc) is 3.32. The number of aromatic nitrogens is 3. The van der Waals surface area contributed by atoms with Crippen molar-refractivity contribution in [3.05, 3.63) is 94.3 Å². The highest BCUT2D eigenvalue weighted by Crippen LogP contribution is 2.41. The Bertz CT molecular complexity index is 1700. The Morgan fingerprint density at radius 3 is 2.72 bits per heavy atom. The van der Waals surface area contributed by atoms with Crippen molar-refractivity contribution in [2.24, 2.45) is 0 Å². The average molecular weight is 586 g/mol. The lowest BCUT2D eigenvalue weighted by Gasteiger charge is -2.38. The fourth-order valence-corrected chi connectivity index (χ4v) is 5.63. The molecule has 0 saturated heterocycles. The molecule has 0 saturated carbocycles. The van der Waals surface area contributed by atoms with E-state index in [0.717, 1.165) is 16.7 Å². The number of nitrogens with one attached hydrogen (secondary N) is 1. The molecule has 1 aromatic heterocycles. The van der Waals surface area contributed by atoms with Crippen LogP contribution in [0.1, 0.15) is 51.2 Å². The molecule has 3 aliphatic heterocycles. The number of nitrogens with zero attached hydrogens (tertiary/aromatic N) is 4. The quantitative estimate of drug-likeness (QED) is 0.377. The van der Waals surface area contributed by atoms with Gasteiger partial charge in [0.2, 0.25) is 5.91 Å². The fourth-order valence-electron chi connectivity index (χ4n) is 5.63. The summed E-state index contributed by atoms with van der Waals surface area (Å²) in [5, 5.41) is 7.14. The zero-order chi connectivity index (χ0) is 30.1. The highest BCUT2D eigenvalue weighted by molar-refractivity contribution is 5.94. The van der Waals surface area contributed by atoms with Gasteiger partial charge in [-0.25, -0.2) is 14.1 Å². The summed E-state index contributed by atoms with van der Waals surface area (Å²) in [6, 6.07) is 15.1. The van der Waals surface area contributed by atoms with E-state index < -0.39 is 17.8 Å².